The molecule has 7 nitrogen and oxygen atoms in total. The number of nitrogens with zero attached hydrogens (tertiary/aromatic N) is 2. The molecule has 3 rings (SSSR count). The van der Waals surface area contributed by atoms with Gasteiger partial charge in [0, 0.05) is 38.5 Å². The highest BCUT2D eigenvalue weighted by Gasteiger charge is 2.35. The third-order valence-corrected chi connectivity index (χ3v) is 4.58. The van der Waals surface area contributed by atoms with Crippen molar-refractivity contribution in [1.82, 2.24) is 14.9 Å². The lowest BCUT2D eigenvalue weighted by molar-refractivity contribution is -0.132. The number of aromatic nitrogens is 2. The summed E-state index contributed by atoms with van der Waals surface area (Å²) in [5.41, 5.74) is 0.791. The van der Waals surface area contributed by atoms with Gasteiger partial charge >= 0.3 is 0 Å². The second kappa shape index (κ2) is 8.62. The SMILES string of the molecule is CO[C@@H]1C[C@@H](COc2cccnc2)N(C(=O)CCc2ccc(=O)[nH]c2)C1. The lowest BCUT2D eigenvalue weighted by Gasteiger charge is -2.24. The molecule has 1 aliphatic rings. The molecule has 1 amide bonds. The third-order valence-electron chi connectivity index (χ3n) is 4.58. The van der Waals surface area contributed by atoms with Crippen LogP contribution in [0, 0.1) is 0 Å². The van der Waals surface area contributed by atoms with Crippen LogP contribution in [0.15, 0.2) is 47.7 Å². The molecular weight excluding hydrogens is 334 g/mol. The van der Waals surface area contributed by atoms with E-state index < -0.39 is 0 Å². The number of methoxy groups -OCH3 is 1. The van der Waals surface area contributed by atoms with Gasteiger partial charge in [-0.25, -0.2) is 0 Å². The Morgan fingerprint density at radius 3 is 2.96 bits per heavy atom. The maximum absolute atomic E-state index is 12.7. The number of likely N-dealkylation sites (tertiary alicyclic amines) is 1. The normalized spacial score (nSPS) is 19.5. The van der Waals surface area contributed by atoms with Crippen LogP contribution in [0.4, 0.5) is 0 Å². The van der Waals surface area contributed by atoms with E-state index in [2.05, 4.69) is 9.97 Å². The Morgan fingerprint density at radius 1 is 1.38 bits per heavy atom. The van der Waals surface area contributed by atoms with E-state index in [1.807, 2.05) is 17.0 Å². The summed E-state index contributed by atoms with van der Waals surface area (Å²) < 4.78 is 11.2. The minimum atomic E-state index is -0.143. The molecule has 0 spiro atoms. The molecule has 2 aromatic heterocycles. The topological polar surface area (TPSA) is 84.5 Å². The lowest BCUT2D eigenvalue weighted by Crippen LogP contribution is -2.39. The molecule has 0 radical (unpaired) electrons. The van der Waals surface area contributed by atoms with Crippen molar-refractivity contribution in [3.05, 3.63) is 58.8 Å². The van der Waals surface area contributed by atoms with Gasteiger partial charge in [-0.15, -0.1) is 0 Å². The zero-order valence-electron chi connectivity index (χ0n) is 14.8. The molecule has 2 atom stereocenters. The molecule has 1 aliphatic heterocycles. The second-order valence-electron chi connectivity index (χ2n) is 6.35. The van der Waals surface area contributed by atoms with Crippen LogP contribution < -0.4 is 10.3 Å². The van der Waals surface area contributed by atoms with E-state index >= 15 is 0 Å². The van der Waals surface area contributed by atoms with Crippen molar-refractivity contribution >= 4 is 5.91 Å². The highest BCUT2D eigenvalue weighted by molar-refractivity contribution is 5.77. The van der Waals surface area contributed by atoms with Gasteiger partial charge in [0.25, 0.3) is 0 Å². The maximum atomic E-state index is 12.7. The van der Waals surface area contributed by atoms with E-state index in [9.17, 15) is 9.59 Å². The highest BCUT2D eigenvalue weighted by atomic mass is 16.5. The molecule has 3 heterocycles. The second-order valence-corrected chi connectivity index (χ2v) is 6.35. The zero-order valence-corrected chi connectivity index (χ0v) is 14.8. The Morgan fingerprint density at radius 2 is 2.27 bits per heavy atom. The van der Waals surface area contributed by atoms with E-state index in [0.717, 1.165) is 12.0 Å². The van der Waals surface area contributed by atoms with E-state index in [-0.39, 0.29) is 23.6 Å². The first-order valence-electron chi connectivity index (χ1n) is 8.68. The number of carbonyl (C=O) groups is 1. The Hall–Kier alpha value is -2.67. The van der Waals surface area contributed by atoms with Crippen molar-refractivity contribution < 1.29 is 14.3 Å². The standard InChI is InChI=1S/C19H23N3O4/c1-25-17-9-15(13-26-16-3-2-8-20-11-16)22(12-17)19(24)7-5-14-4-6-18(23)21-10-14/h2-4,6,8,10-11,15,17H,5,7,9,12-13H2,1H3,(H,21,23)/t15-,17+/m0/s1. The van der Waals surface area contributed by atoms with Crippen LogP contribution in [0.2, 0.25) is 0 Å². The first-order chi connectivity index (χ1) is 12.7. The number of rotatable bonds is 7. The van der Waals surface area contributed by atoms with Gasteiger partial charge in [-0.05, 0) is 30.5 Å². The van der Waals surface area contributed by atoms with Crippen molar-refractivity contribution in [2.24, 2.45) is 0 Å². The van der Waals surface area contributed by atoms with Crippen molar-refractivity contribution in [3.8, 4) is 5.75 Å². The van der Waals surface area contributed by atoms with E-state index in [0.29, 0.717) is 31.7 Å². The molecule has 0 aromatic carbocycles. The van der Waals surface area contributed by atoms with Crippen LogP contribution in [0.25, 0.3) is 0 Å². The number of carbonyl (C=O) groups excluding carboxylic acids is 1. The summed E-state index contributed by atoms with van der Waals surface area (Å²) in [4.78, 5) is 32.3. The van der Waals surface area contributed by atoms with Crippen LogP contribution in [-0.2, 0) is 16.0 Å². The van der Waals surface area contributed by atoms with Gasteiger partial charge in [0.1, 0.15) is 12.4 Å². The highest BCUT2D eigenvalue weighted by Crippen LogP contribution is 2.22. The number of aromatic amines is 1. The fraction of sp³-hybridized carbons (Fsp3) is 0.421. The van der Waals surface area contributed by atoms with Gasteiger partial charge in [-0.2, -0.15) is 0 Å². The number of nitrogens with one attached hydrogen (secondary N) is 1. The number of ether oxygens (including phenoxy) is 2. The molecule has 1 fully saturated rings. The Bertz CT molecular complexity index is 757. The minimum absolute atomic E-state index is 0.0227. The van der Waals surface area contributed by atoms with Crippen molar-refractivity contribution in [3.63, 3.8) is 0 Å². The van der Waals surface area contributed by atoms with Gasteiger partial charge in [0.15, 0.2) is 0 Å². The summed E-state index contributed by atoms with van der Waals surface area (Å²) in [7, 11) is 1.66. The van der Waals surface area contributed by atoms with E-state index in [1.165, 1.54) is 6.07 Å². The van der Waals surface area contributed by atoms with Crippen LogP contribution in [-0.4, -0.2) is 53.2 Å². The molecule has 1 N–H and O–H groups in total. The quantitative estimate of drug-likeness (QED) is 0.810. The summed E-state index contributed by atoms with van der Waals surface area (Å²) >= 11 is 0. The van der Waals surface area contributed by atoms with Gasteiger partial charge in [-0.1, -0.05) is 6.07 Å². The maximum Gasteiger partial charge on any atom is 0.247 e. The number of H-pyrrole nitrogens is 1. The molecular formula is C19H23N3O4. The van der Waals surface area contributed by atoms with Gasteiger partial charge < -0.3 is 19.4 Å². The van der Waals surface area contributed by atoms with E-state index in [1.54, 1.807) is 31.8 Å². The number of amides is 1. The third kappa shape index (κ3) is 4.70. The van der Waals surface area contributed by atoms with Crippen LogP contribution in [0.5, 0.6) is 5.75 Å². The number of aryl methyl sites for hydroxylation is 1. The van der Waals surface area contributed by atoms with Crippen LogP contribution in [0.3, 0.4) is 0 Å². The monoisotopic (exact) mass is 357 g/mol. The Balaban J connectivity index is 1.58. The summed E-state index contributed by atoms with van der Waals surface area (Å²) in [6.45, 7) is 0.984. The molecule has 0 bridgehead atoms. The van der Waals surface area contributed by atoms with Crippen LogP contribution >= 0.6 is 0 Å². The summed E-state index contributed by atoms with van der Waals surface area (Å²) in [5.74, 6) is 0.754. The number of hydrogen-bond acceptors (Lipinski definition) is 5. The predicted octanol–water partition coefficient (Wildman–Crippen LogP) is 1.40. The molecule has 7 heteroatoms. The largest absolute Gasteiger partial charge is 0.490 e. The Kier molecular flexibility index (Phi) is 6.01. The molecule has 0 saturated carbocycles. The van der Waals surface area contributed by atoms with Gasteiger partial charge in [-0.3, -0.25) is 14.6 Å². The first-order valence-corrected chi connectivity index (χ1v) is 8.68. The van der Waals surface area contributed by atoms with Gasteiger partial charge in [0.05, 0.1) is 18.3 Å². The van der Waals surface area contributed by atoms with Crippen molar-refractivity contribution in [1.29, 1.82) is 0 Å². The number of pyridine rings is 2. The van der Waals surface area contributed by atoms with Crippen molar-refractivity contribution in [2.45, 2.75) is 31.4 Å². The fourth-order valence-electron chi connectivity index (χ4n) is 3.13. The average molecular weight is 357 g/mol. The van der Waals surface area contributed by atoms with Gasteiger partial charge in [0.2, 0.25) is 11.5 Å². The zero-order chi connectivity index (χ0) is 18.4. The molecule has 2 aromatic rings. The smallest absolute Gasteiger partial charge is 0.247 e. The minimum Gasteiger partial charge on any atom is -0.490 e. The molecule has 26 heavy (non-hydrogen) atoms. The van der Waals surface area contributed by atoms with Crippen LogP contribution in [0.1, 0.15) is 18.4 Å². The lowest BCUT2D eigenvalue weighted by atomic mass is 10.1. The summed E-state index contributed by atoms with van der Waals surface area (Å²) in [6.07, 6.45) is 6.74. The van der Waals surface area contributed by atoms with E-state index in [4.69, 9.17) is 9.47 Å². The Labute approximate surface area is 152 Å². The number of hydrogen-bond donors (Lipinski definition) is 1. The summed E-state index contributed by atoms with van der Waals surface area (Å²) in [6, 6.07) is 6.86. The van der Waals surface area contributed by atoms with Crippen molar-refractivity contribution in [2.75, 3.05) is 20.3 Å². The fourth-order valence-corrected chi connectivity index (χ4v) is 3.13. The molecule has 138 valence electrons. The molecule has 0 unspecified atom stereocenters. The first kappa shape index (κ1) is 18.1. The molecule has 1 saturated heterocycles. The summed E-state index contributed by atoms with van der Waals surface area (Å²) in [5, 5.41) is 0. The molecule has 0 aliphatic carbocycles. The predicted molar refractivity (Wildman–Crippen MR) is 96.0 cm³/mol. The average Bonchev–Trinajstić information content (AvgIpc) is 3.10.